The van der Waals surface area contributed by atoms with Gasteiger partial charge in [-0.05, 0) is 68.1 Å². The lowest BCUT2D eigenvalue weighted by Gasteiger charge is -2.20. The number of fused-ring (bicyclic) bond motifs is 1. The number of amides is 3. The van der Waals surface area contributed by atoms with Crippen molar-refractivity contribution in [2.24, 2.45) is 17.8 Å². The van der Waals surface area contributed by atoms with Crippen LogP contribution < -0.4 is 14.5 Å². The molecule has 3 aliphatic rings. The van der Waals surface area contributed by atoms with Crippen LogP contribution in [0.3, 0.4) is 0 Å². The molecule has 5 rings (SSSR count). The first kappa shape index (κ1) is 22.3. The summed E-state index contributed by atoms with van der Waals surface area (Å²) in [6.45, 7) is 4.24. The van der Waals surface area contributed by atoms with Crippen molar-refractivity contribution < 1.29 is 23.9 Å². The number of nitrogens with zero attached hydrogens (tertiary/aromatic N) is 2. The molecule has 3 amide bonds. The third-order valence-corrected chi connectivity index (χ3v) is 7.48. The van der Waals surface area contributed by atoms with Crippen molar-refractivity contribution >= 4 is 35.1 Å². The Morgan fingerprint density at radius 3 is 2.21 bits per heavy atom. The average Bonchev–Trinajstić information content (AvgIpc) is 3.34. The minimum atomic E-state index is -0.558. The van der Waals surface area contributed by atoms with Crippen LogP contribution in [0.5, 0.6) is 5.75 Å². The van der Waals surface area contributed by atoms with Crippen LogP contribution in [0.4, 0.5) is 11.4 Å². The number of rotatable bonds is 4. The highest BCUT2D eigenvalue weighted by atomic mass is 16.5. The summed E-state index contributed by atoms with van der Waals surface area (Å²) >= 11 is 0. The van der Waals surface area contributed by atoms with Crippen molar-refractivity contribution in [1.82, 2.24) is 0 Å². The van der Waals surface area contributed by atoms with E-state index >= 15 is 0 Å². The fourth-order valence-corrected chi connectivity index (χ4v) is 5.41. The van der Waals surface area contributed by atoms with Gasteiger partial charge in [-0.15, -0.1) is 0 Å². The Morgan fingerprint density at radius 1 is 0.912 bits per heavy atom. The maximum Gasteiger partial charge on any atom is 0.316 e. The summed E-state index contributed by atoms with van der Waals surface area (Å²) in [5.74, 6) is -1.48. The Balaban J connectivity index is 1.25. The first-order valence-electron chi connectivity index (χ1n) is 11.9. The number of carbonyl (C=O) groups is 4. The van der Waals surface area contributed by atoms with E-state index in [1.165, 1.54) is 4.90 Å². The standard InChI is InChI=1S/C27H28N2O5/c1-16-6-5-9-23(17(16)2)28-15-18(14-24(28)30)27(33)34-20-12-10-19(11-13-20)29-25(31)21-7-3-4-8-22(21)26(29)32/h5-6,9-13,18,21-22H,3-4,7-8,14-15H2,1-2H3/t18-,21+,22+/m1/s1. The van der Waals surface area contributed by atoms with Gasteiger partial charge < -0.3 is 9.64 Å². The molecule has 3 fully saturated rings. The van der Waals surface area contributed by atoms with Gasteiger partial charge in [-0.3, -0.25) is 24.1 Å². The summed E-state index contributed by atoms with van der Waals surface area (Å²) in [6.07, 6.45) is 3.59. The normalized spacial score (nSPS) is 24.5. The molecule has 0 radical (unpaired) electrons. The lowest BCUT2D eigenvalue weighted by atomic mass is 9.81. The van der Waals surface area contributed by atoms with Crippen LogP contribution >= 0.6 is 0 Å². The summed E-state index contributed by atoms with van der Waals surface area (Å²) < 4.78 is 5.54. The molecule has 2 heterocycles. The first-order chi connectivity index (χ1) is 16.3. The van der Waals surface area contributed by atoms with Crippen LogP contribution in [-0.2, 0) is 19.2 Å². The third-order valence-electron chi connectivity index (χ3n) is 7.48. The van der Waals surface area contributed by atoms with Crippen LogP contribution in [0, 0.1) is 31.6 Å². The molecule has 0 bridgehead atoms. The van der Waals surface area contributed by atoms with Gasteiger partial charge >= 0.3 is 5.97 Å². The number of anilines is 2. The van der Waals surface area contributed by atoms with Gasteiger partial charge in [-0.25, -0.2) is 0 Å². The molecule has 3 atom stereocenters. The summed E-state index contributed by atoms with van der Waals surface area (Å²) in [4.78, 5) is 53.9. The SMILES string of the molecule is Cc1cccc(N2C[C@H](C(=O)Oc3ccc(N4C(=O)[C@H]5CCCC[C@@H]5C4=O)cc3)CC2=O)c1C. The monoisotopic (exact) mass is 460 g/mol. The lowest BCUT2D eigenvalue weighted by Crippen LogP contribution is -2.30. The number of benzene rings is 2. The largest absolute Gasteiger partial charge is 0.426 e. The molecule has 2 aromatic rings. The van der Waals surface area contributed by atoms with Gasteiger partial charge in [-0.2, -0.15) is 0 Å². The predicted molar refractivity (Wildman–Crippen MR) is 126 cm³/mol. The molecule has 2 aliphatic heterocycles. The van der Waals surface area contributed by atoms with Crippen molar-refractivity contribution in [1.29, 1.82) is 0 Å². The fourth-order valence-electron chi connectivity index (χ4n) is 5.41. The highest BCUT2D eigenvalue weighted by molar-refractivity contribution is 6.22. The summed E-state index contributed by atoms with van der Waals surface area (Å²) in [6, 6.07) is 12.2. The molecule has 176 valence electrons. The molecule has 0 unspecified atom stereocenters. The highest BCUT2D eigenvalue weighted by Gasteiger charge is 2.48. The maximum atomic E-state index is 12.8. The Labute approximate surface area is 198 Å². The molecule has 2 saturated heterocycles. The van der Waals surface area contributed by atoms with E-state index in [2.05, 4.69) is 0 Å². The van der Waals surface area contributed by atoms with Gasteiger partial charge in [0.05, 0.1) is 23.4 Å². The zero-order valence-corrected chi connectivity index (χ0v) is 19.5. The van der Waals surface area contributed by atoms with Gasteiger partial charge in [0.2, 0.25) is 17.7 Å². The third kappa shape index (κ3) is 3.79. The van der Waals surface area contributed by atoms with Gasteiger partial charge in [-0.1, -0.05) is 25.0 Å². The minimum absolute atomic E-state index is 0.0986. The van der Waals surface area contributed by atoms with E-state index in [0.717, 1.165) is 42.5 Å². The number of ether oxygens (including phenoxy) is 1. The van der Waals surface area contributed by atoms with E-state index in [0.29, 0.717) is 11.4 Å². The number of aryl methyl sites for hydroxylation is 1. The van der Waals surface area contributed by atoms with E-state index < -0.39 is 11.9 Å². The molecular weight excluding hydrogens is 432 g/mol. The van der Waals surface area contributed by atoms with Crippen LogP contribution in [0.1, 0.15) is 43.2 Å². The number of hydrogen-bond acceptors (Lipinski definition) is 5. The second-order valence-corrected chi connectivity index (χ2v) is 9.55. The average molecular weight is 461 g/mol. The first-order valence-corrected chi connectivity index (χ1v) is 11.9. The van der Waals surface area contributed by atoms with Crippen LogP contribution in [0.2, 0.25) is 0 Å². The van der Waals surface area contributed by atoms with Gasteiger partial charge in [0.15, 0.2) is 0 Å². The Morgan fingerprint density at radius 2 is 1.56 bits per heavy atom. The molecule has 1 aliphatic carbocycles. The topological polar surface area (TPSA) is 84.0 Å². The molecular formula is C27H28N2O5. The van der Waals surface area contributed by atoms with Crippen molar-refractivity contribution in [2.45, 2.75) is 46.0 Å². The molecule has 7 nitrogen and oxygen atoms in total. The maximum absolute atomic E-state index is 12.8. The second kappa shape index (κ2) is 8.70. The molecule has 1 saturated carbocycles. The minimum Gasteiger partial charge on any atom is -0.426 e. The fraction of sp³-hybridized carbons (Fsp3) is 0.407. The van der Waals surface area contributed by atoms with E-state index in [1.54, 1.807) is 29.2 Å². The van der Waals surface area contributed by atoms with E-state index in [4.69, 9.17) is 4.74 Å². The number of esters is 1. The summed E-state index contributed by atoms with van der Waals surface area (Å²) in [5.41, 5.74) is 3.43. The Bertz CT molecular complexity index is 1150. The van der Waals surface area contributed by atoms with E-state index in [1.807, 2.05) is 32.0 Å². The van der Waals surface area contributed by atoms with E-state index in [-0.39, 0.29) is 42.5 Å². The summed E-state index contributed by atoms with van der Waals surface area (Å²) in [7, 11) is 0. The van der Waals surface area contributed by atoms with Gasteiger partial charge in [0, 0.05) is 18.7 Å². The number of carbonyl (C=O) groups excluding carboxylic acids is 4. The van der Waals surface area contributed by atoms with Crippen LogP contribution in [0.15, 0.2) is 42.5 Å². The predicted octanol–water partition coefficient (Wildman–Crippen LogP) is 3.94. The quantitative estimate of drug-likeness (QED) is 0.392. The molecule has 0 aromatic heterocycles. The molecule has 7 heteroatoms. The number of imide groups is 1. The molecule has 2 aromatic carbocycles. The summed E-state index contributed by atoms with van der Waals surface area (Å²) in [5, 5.41) is 0. The molecule has 34 heavy (non-hydrogen) atoms. The van der Waals surface area contributed by atoms with Crippen LogP contribution in [-0.4, -0.2) is 30.2 Å². The Hall–Kier alpha value is -3.48. The van der Waals surface area contributed by atoms with E-state index in [9.17, 15) is 19.2 Å². The Kier molecular flexibility index (Phi) is 5.71. The zero-order chi connectivity index (χ0) is 24.0. The second-order valence-electron chi connectivity index (χ2n) is 9.55. The van der Waals surface area contributed by atoms with Crippen molar-refractivity contribution in [3.05, 3.63) is 53.6 Å². The molecule has 0 spiro atoms. The molecule has 0 N–H and O–H groups in total. The van der Waals surface area contributed by atoms with Crippen molar-refractivity contribution in [3.63, 3.8) is 0 Å². The van der Waals surface area contributed by atoms with Gasteiger partial charge in [0.25, 0.3) is 0 Å². The highest BCUT2D eigenvalue weighted by Crippen LogP contribution is 2.40. The van der Waals surface area contributed by atoms with Crippen LogP contribution in [0.25, 0.3) is 0 Å². The number of hydrogen-bond donors (Lipinski definition) is 0. The van der Waals surface area contributed by atoms with Crippen molar-refractivity contribution in [3.8, 4) is 5.75 Å². The smallest absolute Gasteiger partial charge is 0.316 e. The zero-order valence-electron chi connectivity index (χ0n) is 19.5. The van der Waals surface area contributed by atoms with Crippen molar-refractivity contribution in [2.75, 3.05) is 16.3 Å². The van der Waals surface area contributed by atoms with Gasteiger partial charge in [0.1, 0.15) is 5.75 Å². The lowest BCUT2D eigenvalue weighted by molar-refractivity contribution is -0.139.